The third-order valence-electron chi connectivity index (χ3n) is 3.43. The number of carbonyl (C=O) groups excluding carboxylic acids is 1. The van der Waals surface area contributed by atoms with E-state index >= 15 is 0 Å². The minimum atomic E-state index is -4.40. The van der Waals surface area contributed by atoms with Gasteiger partial charge in [-0.05, 0) is 25.3 Å². The van der Waals surface area contributed by atoms with Crippen molar-refractivity contribution >= 4 is 16.0 Å². The van der Waals surface area contributed by atoms with Crippen LogP contribution in [0.5, 0.6) is 0 Å². The summed E-state index contributed by atoms with van der Waals surface area (Å²) in [7, 11) is -4.40. The normalized spacial score (nSPS) is 14.7. The summed E-state index contributed by atoms with van der Waals surface area (Å²) in [5.41, 5.74) is 0.0549. The molecule has 5 nitrogen and oxygen atoms in total. The van der Waals surface area contributed by atoms with Gasteiger partial charge < -0.3 is 9.87 Å². The molecule has 1 N–H and O–H groups in total. The second-order valence-corrected chi connectivity index (χ2v) is 7.85. The van der Waals surface area contributed by atoms with E-state index in [4.69, 9.17) is 0 Å². The Morgan fingerprint density at radius 1 is 1.21 bits per heavy atom. The van der Waals surface area contributed by atoms with Crippen LogP contribution in [-0.4, -0.2) is 30.2 Å². The van der Waals surface area contributed by atoms with Crippen LogP contribution in [0, 0.1) is 5.92 Å². The third-order valence-corrected chi connectivity index (χ3v) is 4.50. The van der Waals surface area contributed by atoms with E-state index in [0.29, 0.717) is 0 Å². The van der Waals surface area contributed by atoms with Crippen molar-refractivity contribution in [1.29, 1.82) is 0 Å². The van der Waals surface area contributed by atoms with Crippen molar-refractivity contribution in [2.24, 2.45) is 5.92 Å². The molecule has 0 aliphatic carbocycles. The van der Waals surface area contributed by atoms with Gasteiger partial charge in [0.15, 0.2) is 0 Å². The molecule has 0 heterocycles. The molecule has 1 aromatic carbocycles. The van der Waals surface area contributed by atoms with Gasteiger partial charge in [0.1, 0.15) is 0 Å². The first-order chi connectivity index (χ1) is 10.5. The Kier molecular flexibility index (Phi) is 9.46. The van der Waals surface area contributed by atoms with E-state index in [9.17, 15) is 17.8 Å². The van der Waals surface area contributed by atoms with Crippen molar-refractivity contribution in [1.82, 2.24) is 5.32 Å². The Hall–Kier alpha value is -0.660. The number of nitrogens with one attached hydrogen (secondary N) is 1. The maximum absolute atomic E-state index is 12.1. The summed E-state index contributed by atoms with van der Waals surface area (Å²) in [4.78, 5) is 12.1. The molecule has 0 saturated heterocycles. The Morgan fingerprint density at radius 3 is 2.25 bits per heavy atom. The molecule has 0 aliphatic heterocycles. The van der Waals surface area contributed by atoms with Crippen LogP contribution in [0.4, 0.5) is 0 Å². The number of carbonyl (C=O) groups is 1. The summed E-state index contributed by atoms with van der Waals surface area (Å²) in [5.74, 6) is -1.20. The molecule has 128 valence electrons. The first kappa shape index (κ1) is 23.3. The molecule has 24 heavy (non-hydrogen) atoms. The number of hydrogen-bond acceptors (Lipinski definition) is 4. The number of rotatable bonds is 7. The smallest absolute Gasteiger partial charge is 0.748 e. The third kappa shape index (κ3) is 8.99. The second-order valence-electron chi connectivity index (χ2n) is 6.45. The fourth-order valence-electron chi connectivity index (χ4n) is 2.21. The molecule has 0 aliphatic rings. The van der Waals surface area contributed by atoms with E-state index in [-0.39, 0.29) is 41.4 Å². The van der Waals surface area contributed by atoms with Crippen LogP contribution in [-0.2, 0) is 14.9 Å². The standard InChI is InChI=1S/C17H25NO4S.Na/c1-13(15-8-6-5-7-9-15)10-11-14(2)16(19)18-17(3,4)12-23(20,21)22;/h5-11,13-14H,12H2,1-4H3,(H,18,19)(H,20,21,22);/q;+1/p-1. The molecule has 0 spiro atoms. The molecule has 0 saturated carbocycles. The maximum atomic E-state index is 12.1. The summed E-state index contributed by atoms with van der Waals surface area (Å²) in [6.45, 7) is 6.79. The van der Waals surface area contributed by atoms with E-state index in [0.717, 1.165) is 5.56 Å². The molecule has 1 aromatic rings. The van der Waals surface area contributed by atoms with Crippen LogP contribution in [0.25, 0.3) is 0 Å². The van der Waals surface area contributed by atoms with Crippen molar-refractivity contribution in [2.45, 2.75) is 39.2 Å². The van der Waals surface area contributed by atoms with Gasteiger partial charge in [-0.15, -0.1) is 0 Å². The van der Waals surface area contributed by atoms with Crippen molar-refractivity contribution in [3.63, 3.8) is 0 Å². The average molecular weight is 361 g/mol. The largest absolute Gasteiger partial charge is 1.00 e. The molecule has 0 fully saturated rings. The summed E-state index contributed by atoms with van der Waals surface area (Å²) >= 11 is 0. The van der Waals surface area contributed by atoms with Gasteiger partial charge in [0.2, 0.25) is 5.91 Å². The minimum Gasteiger partial charge on any atom is -0.748 e. The van der Waals surface area contributed by atoms with Crippen LogP contribution < -0.4 is 34.9 Å². The predicted molar refractivity (Wildman–Crippen MR) is 89.9 cm³/mol. The summed E-state index contributed by atoms with van der Waals surface area (Å²) < 4.78 is 32.5. The zero-order chi connectivity index (χ0) is 17.7. The molecular formula is C17H24NNaO4S. The first-order valence-corrected chi connectivity index (χ1v) is 9.07. The average Bonchev–Trinajstić information content (AvgIpc) is 2.42. The van der Waals surface area contributed by atoms with Gasteiger partial charge in [0.05, 0.1) is 21.8 Å². The molecule has 2 unspecified atom stereocenters. The van der Waals surface area contributed by atoms with E-state index in [2.05, 4.69) is 5.32 Å². The van der Waals surface area contributed by atoms with Gasteiger partial charge in [0, 0.05) is 5.54 Å². The fraction of sp³-hybridized carbons (Fsp3) is 0.471. The molecule has 1 rings (SSSR count). The summed E-state index contributed by atoms with van der Waals surface area (Å²) in [5, 5.41) is 2.61. The van der Waals surface area contributed by atoms with Crippen molar-refractivity contribution in [3.05, 3.63) is 48.0 Å². The quantitative estimate of drug-likeness (QED) is 0.400. The Bertz CT molecular complexity index is 656. The van der Waals surface area contributed by atoms with Crippen molar-refractivity contribution in [2.75, 3.05) is 5.75 Å². The minimum absolute atomic E-state index is 0. The first-order valence-electron chi connectivity index (χ1n) is 7.49. The molecule has 0 radical (unpaired) electrons. The van der Waals surface area contributed by atoms with Gasteiger partial charge >= 0.3 is 29.6 Å². The number of benzene rings is 1. The number of amides is 1. The van der Waals surface area contributed by atoms with Crippen LogP contribution in [0.3, 0.4) is 0 Å². The van der Waals surface area contributed by atoms with Crippen LogP contribution in [0.15, 0.2) is 42.5 Å². The zero-order valence-electron chi connectivity index (χ0n) is 14.9. The maximum Gasteiger partial charge on any atom is 1.00 e. The molecule has 0 aromatic heterocycles. The topological polar surface area (TPSA) is 86.3 Å². The predicted octanol–water partition coefficient (Wildman–Crippen LogP) is -0.574. The molecule has 7 heteroatoms. The fourth-order valence-corrected chi connectivity index (χ4v) is 3.17. The Balaban J connectivity index is 0.00000529. The van der Waals surface area contributed by atoms with E-state index < -0.39 is 27.3 Å². The van der Waals surface area contributed by atoms with Gasteiger partial charge in [-0.3, -0.25) is 4.79 Å². The number of hydrogen-bond donors (Lipinski definition) is 1. The van der Waals surface area contributed by atoms with Crippen molar-refractivity contribution in [3.8, 4) is 0 Å². The molecule has 1 amide bonds. The van der Waals surface area contributed by atoms with Gasteiger partial charge in [-0.1, -0.05) is 56.3 Å². The van der Waals surface area contributed by atoms with Crippen LogP contribution in [0.2, 0.25) is 0 Å². The summed E-state index contributed by atoms with van der Waals surface area (Å²) in [6, 6.07) is 9.90. The van der Waals surface area contributed by atoms with Crippen LogP contribution >= 0.6 is 0 Å². The SMILES string of the molecule is CC(C=CC(C)c1ccccc1)C(=O)NC(C)(C)CS(=O)(=O)[O-].[Na+]. The Labute approximate surface area is 167 Å². The van der Waals surface area contributed by atoms with E-state index in [1.165, 1.54) is 13.8 Å². The Morgan fingerprint density at radius 2 is 1.75 bits per heavy atom. The summed E-state index contributed by atoms with van der Waals surface area (Å²) in [6.07, 6.45) is 3.73. The van der Waals surface area contributed by atoms with Gasteiger partial charge in [0.25, 0.3) is 0 Å². The van der Waals surface area contributed by atoms with Gasteiger partial charge in [-0.2, -0.15) is 0 Å². The van der Waals surface area contributed by atoms with Crippen LogP contribution in [0.1, 0.15) is 39.2 Å². The molecule has 2 atom stereocenters. The van der Waals surface area contributed by atoms with Crippen molar-refractivity contribution < 1.29 is 47.3 Å². The molecular weight excluding hydrogens is 337 g/mol. The number of allylic oxidation sites excluding steroid dienone is 1. The zero-order valence-corrected chi connectivity index (χ0v) is 17.8. The van der Waals surface area contributed by atoms with Gasteiger partial charge in [-0.25, -0.2) is 8.42 Å². The monoisotopic (exact) mass is 361 g/mol. The molecule has 0 bridgehead atoms. The van der Waals surface area contributed by atoms with E-state index in [1.54, 1.807) is 13.0 Å². The second kappa shape index (κ2) is 9.73. The van der Waals surface area contributed by atoms with E-state index in [1.807, 2.05) is 43.3 Å².